The molecule has 3 rings (SSSR count). The number of rotatable bonds is 8. The lowest BCUT2D eigenvalue weighted by molar-refractivity contribution is 0.174. The largest absolute Gasteiger partial charge is 0.454 e. The number of ether oxygens (including phenoxy) is 2. The van der Waals surface area contributed by atoms with Crippen LogP contribution in [-0.2, 0) is 6.54 Å². The van der Waals surface area contributed by atoms with Gasteiger partial charge in [-0.05, 0) is 30.2 Å². The van der Waals surface area contributed by atoms with Crippen molar-refractivity contribution in [3.05, 3.63) is 36.0 Å². The Morgan fingerprint density at radius 2 is 2.00 bits per heavy atom. The smallest absolute Gasteiger partial charge is 0.231 e. The van der Waals surface area contributed by atoms with Crippen LogP contribution in [0.1, 0.15) is 31.7 Å². The summed E-state index contributed by atoms with van der Waals surface area (Å²) in [5.41, 5.74) is 1.12. The van der Waals surface area contributed by atoms with Gasteiger partial charge in [0, 0.05) is 19.3 Å². The van der Waals surface area contributed by atoms with Crippen molar-refractivity contribution >= 4 is 11.8 Å². The summed E-state index contributed by atoms with van der Waals surface area (Å²) >= 11 is 0. The number of nitrogens with zero attached hydrogens (tertiary/aromatic N) is 2. The van der Waals surface area contributed by atoms with Crippen LogP contribution in [0.25, 0.3) is 0 Å². The Morgan fingerprint density at radius 1 is 1.09 bits per heavy atom. The van der Waals surface area contributed by atoms with Gasteiger partial charge < -0.3 is 20.1 Å². The quantitative estimate of drug-likeness (QED) is 0.728. The van der Waals surface area contributed by atoms with E-state index in [1.807, 2.05) is 24.3 Å². The van der Waals surface area contributed by atoms with E-state index >= 15 is 0 Å². The SMILES string of the molecule is CCCCCNc1nccc(NCc2ccc3c(c2)OCO3)n1. The summed E-state index contributed by atoms with van der Waals surface area (Å²) in [5.74, 6) is 3.06. The van der Waals surface area contributed by atoms with Crippen LogP contribution in [0, 0.1) is 0 Å². The van der Waals surface area contributed by atoms with Crippen LogP contribution in [0.4, 0.5) is 11.8 Å². The van der Waals surface area contributed by atoms with E-state index in [4.69, 9.17) is 9.47 Å². The molecule has 0 unspecified atom stereocenters. The van der Waals surface area contributed by atoms with Crippen molar-refractivity contribution < 1.29 is 9.47 Å². The van der Waals surface area contributed by atoms with Gasteiger partial charge in [-0.15, -0.1) is 0 Å². The summed E-state index contributed by atoms with van der Waals surface area (Å²) in [7, 11) is 0. The summed E-state index contributed by atoms with van der Waals surface area (Å²) in [6.07, 6.45) is 5.32. The highest BCUT2D eigenvalue weighted by Gasteiger charge is 2.13. The maximum atomic E-state index is 5.39. The van der Waals surface area contributed by atoms with Gasteiger partial charge >= 0.3 is 0 Å². The minimum absolute atomic E-state index is 0.297. The maximum Gasteiger partial charge on any atom is 0.231 e. The van der Waals surface area contributed by atoms with Crippen LogP contribution in [0.2, 0.25) is 0 Å². The molecule has 2 heterocycles. The fraction of sp³-hybridized carbons (Fsp3) is 0.412. The summed E-state index contributed by atoms with van der Waals surface area (Å²) in [6, 6.07) is 7.80. The van der Waals surface area contributed by atoms with Crippen molar-refractivity contribution in [3.63, 3.8) is 0 Å². The maximum absolute atomic E-state index is 5.39. The molecule has 0 spiro atoms. The van der Waals surface area contributed by atoms with Gasteiger partial charge in [-0.3, -0.25) is 0 Å². The first-order valence-electron chi connectivity index (χ1n) is 8.04. The molecule has 122 valence electrons. The van der Waals surface area contributed by atoms with Crippen molar-refractivity contribution in [2.45, 2.75) is 32.7 Å². The van der Waals surface area contributed by atoms with Gasteiger partial charge in [0.15, 0.2) is 11.5 Å². The fourth-order valence-corrected chi connectivity index (χ4v) is 2.36. The fourth-order valence-electron chi connectivity index (χ4n) is 2.36. The zero-order valence-corrected chi connectivity index (χ0v) is 13.3. The molecule has 2 aromatic rings. The van der Waals surface area contributed by atoms with E-state index in [-0.39, 0.29) is 0 Å². The van der Waals surface area contributed by atoms with Gasteiger partial charge in [-0.25, -0.2) is 4.98 Å². The molecule has 2 N–H and O–H groups in total. The average Bonchev–Trinajstić information content (AvgIpc) is 3.05. The summed E-state index contributed by atoms with van der Waals surface area (Å²) in [6.45, 7) is 4.06. The highest BCUT2D eigenvalue weighted by Crippen LogP contribution is 2.32. The first-order valence-corrected chi connectivity index (χ1v) is 8.04. The van der Waals surface area contributed by atoms with E-state index in [0.717, 1.165) is 35.8 Å². The molecule has 0 saturated carbocycles. The van der Waals surface area contributed by atoms with Crippen molar-refractivity contribution in [2.75, 3.05) is 24.0 Å². The number of unbranched alkanes of at least 4 members (excludes halogenated alkanes) is 2. The lowest BCUT2D eigenvalue weighted by atomic mass is 10.2. The van der Waals surface area contributed by atoms with E-state index in [2.05, 4.69) is 27.5 Å². The van der Waals surface area contributed by atoms with Crippen molar-refractivity contribution in [1.29, 1.82) is 0 Å². The minimum atomic E-state index is 0.297. The van der Waals surface area contributed by atoms with Gasteiger partial charge in [0.2, 0.25) is 12.7 Å². The Bertz CT molecular complexity index is 648. The second-order valence-corrected chi connectivity index (χ2v) is 5.44. The number of aromatic nitrogens is 2. The molecular formula is C17H22N4O2. The van der Waals surface area contributed by atoms with Crippen LogP contribution in [0.3, 0.4) is 0 Å². The predicted molar refractivity (Wildman–Crippen MR) is 89.9 cm³/mol. The van der Waals surface area contributed by atoms with Crippen LogP contribution < -0.4 is 20.1 Å². The molecule has 1 aromatic heterocycles. The van der Waals surface area contributed by atoms with Gasteiger partial charge in [-0.2, -0.15) is 4.98 Å². The molecule has 1 aliphatic rings. The summed E-state index contributed by atoms with van der Waals surface area (Å²) < 4.78 is 10.7. The molecule has 1 aromatic carbocycles. The van der Waals surface area contributed by atoms with Crippen molar-refractivity contribution in [1.82, 2.24) is 9.97 Å². The third-order valence-electron chi connectivity index (χ3n) is 3.63. The Hall–Kier alpha value is -2.50. The molecule has 0 bridgehead atoms. The van der Waals surface area contributed by atoms with Gasteiger partial charge in [-0.1, -0.05) is 25.8 Å². The van der Waals surface area contributed by atoms with E-state index in [0.29, 0.717) is 19.3 Å². The zero-order valence-electron chi connectivity index (χ0n) is 13.3. The Kier molecular flexibility index (Phi) is 5.13. The third-order valence-corrected chi connectivity index (χ3v) is 3.63. The van der Waals surface area contributed by atoms with E-state index in [1.54, 1.807) is 6.20 Å². The number of fused-ring (bicyclic) bond motifs is 1. The first kappa shape index (κ1) is 15.4. The minimum Gasteiger partial charge on any atom is -0.454 e. The zero-order chi connectivity index (χ0) is 15.9. The standard InChI is InChI=1S/C17H22N4O2/c1-2-3-4-8-18-17-19-9-7-16(21-17)20-11-13-5-6-14-15(10-13)23-12-22-14/h5-7,9-10H,2-4,8,11-12H2,1H3,(H2,18,19,20,21). The first-order chi connectivity index (χ1) is 11.3. The van der Waals surface area contributed by atoms with E-state index in [1.165, 1.54) is 12.8 Å². The third kappa shape index (κ3) is 4.25. The molecule has 0 aliphatic carbocycles. The Morgan fingerprint density at radius 3 is 2.91 bits per heavy atom. The molecular weight excluding hydrogens is 292 g/mol. The second kappa shape index (κ2) is 7.67. The molecule has 0 saturated heterocycles. The Labute approximate surface area is 136 Å². The van der Waals surface area contributed by atoms with Crippen LogP contribution in [0.5, 0.6) is 11.5 Å². The molecule has 6 nitrogen and oxygen atoms in total. The predicted octanol–water partition coefficient (Wildman–Crippen LogP) is 3.42. The number of hydrogen-bond donors (Lipinski definition) is 2. The van der Waals surface area contributed by atoms with Gasteiger partial charge in [0.1, 0.15) is 5.82 Å². The molecule has 0 atom stereocenters. The van der Waals surface area contributed by atoms with Crippen LogP contribution in [-0.4, -0.2) is 23.3 Å². The van der Waals surface area contributed by atoms with Crippen molar-refractivity contribution in [3.8, 4) is 11.5 Å². The number of anilines is 2. The molecule has 0 fully saturated rings. The summed E-state index contributed by atoms with van der Waals surface area (Å²) in [5, 5.41) is 6.56. The molecule has 1 aliphatic heterocycles. The highest BCUT2D eigenvalue weighted by molar-refractivity contribution is 5.46. The molecule has 23 heavy (non-hydrogen) atoms. The lowest BCUT2D eigenvalue weighted by Crippen LogP contribution is -2.07. The highest BCUT2D eigenvalue weighted by atomic mass is 16.7. The summed E-state index contributed by atoms with van der Waals surface area (Å²) in [4.78, 5) is 8.71. The average molecular weight is 314 g/mol. The molecule has 0 radical (unpaired) electrons. The van der Waals surface area contributed by atoms with Crippen molar-refractivity contribution in [2.24, 2.45) is 0 Å². The van der Waals surface area contributed by atoms with E-state index < -0.39 is 0 Å². The molecule has 0 amide bonds. The Balaban J connectivity index is 1.53. The number of benzene rings is 1. The number of nitrogens with one attached hydrogen (secondary N) is 2. The van der Waals surface area contributed by atoms with Gasteiger partial charge in [0.05, 0.1) is 0 Å². The van der Waals surface area contributed by atoms with E-state index in [9.17, 15) is 0 Å². The monoisotopic (exact) mass is 314 g/mol. The normalized spacial score (nSPS) is 12.2. The molecule has 6 heteroatoms. The topological polar surface area (TPSA) is 68.3 Å². The lowest BCUT2D eigenvalue weighted by Gasteiger charge is -2.09. The second-order valence-electron chi connectivity index (χ2n) is 5.44. The van der Waals surface area contributed by atoms with Crippen LogP contribution >= 0.6 is 0 Å². The van der Waals surface area contributed by atoms with Gasteiger partial charge in [0.25, 0.3) is 0 Å². The van der Waals surface area contributed by atoms with Crippen LogP contribution in [0.15, 0.2) is 30.5 Å². The number of hydrogen-bond acceptors (Lipinski definition) is 6.